The van der Waals surface area contributed by atoms with Gasteiger partial charge in [-0.25, -0.2) is 4.79 Å². The lowest BCUT2D eigenvalue weighted by Gasteiger charge is -2.52. The molecule has 12 nitrogen and oxygen atoms in total. The van der Waals surface area contributed by atoms with Crippen LogP contribution in [0.2, 0.25) is 5.02 Å². The number of hydrogen-bond acceptors (Lipinski definition) is 11. The lowest BCUT2D eigenvalue weighted by molar-refractivity contribution is -0.176. The Morgan fingerprint density at radius 3 is 2.30 bits per heavy atom. The number of aromatic amines is 1. The molecule has 0 amide bonds. The number of methoxy groups -OCH3 is 5. The zero-order chi connectivity index (χ0) is 37.4. The van der Waals surface area contributed by atoms with Crippen LogP contribution in [0.1, 0.15) is 46.1 Å². The quantitative estimate of drug-likeness (QED) is 0.152. The predicted molar refractivity (Wildman–Crippen MR) is 195 cm³/mol. The van der Waals surface area contributed by atoms with Gasteiger partial charge in [0.1, 0.15) is 18.0 Å². The van der Waals surface area contributed by atoms with E-state index in [0.29, 0.717) is 23.4 Å². The molecule has 0 unspecified atom stereocenters. The van der Waals surface area contributed by atoms with Crippen LogP contribution in [0.4, 0.5) is 0 Å². The second kappa shape index (κ2) is 15.3. The van der Waals surface area contributed by atoms with Crippen LogP contribution >= 0.6 is 11.6 Å². The summed E-state index contributed by atoms with van der Waals surface area (Å²) in [5, 5.41) is 1.74. The maximum absolute atomic E-state index is 13.9. The van der Waals surface area contributed by atoms with Gasteiger partial charge in [-0.3, -0.25) is 14.5 Å². The Morgan fingerprint density at radius 1 is 0.906 bits per heavy atom. The van der Waals surface area contributed by atoms with Gasteiger partial charge in [0.05, 0.1) is 52.4 Å². The van der Waals surface area contributed by atoms with Gasteiger partial charge in [0, 0.05) is 47.9 Å². The third-order valence-corrected chi connectivity index (χ3v) is 11.3. The van der Waals surface area contributed by atoms with Crippen molar-refractivity contribution in [3.8, 4) is 23.0 Å². The number of piperidine rings is 1. The number of nitrogens with zero attached hydrogens (tertiary/aromatic N) is 1. The highest BCUT2D eigenvalue weighted by atomic mass is 35.5. The van der Waals surface area contributed by atoms with Gasteiger partial charge in [0.25, 0.3) is 0 Å². The van der Waals surface area contributed by atoms with Crippen LogP contribution in [0.5, 0.6) is 23.0 Å². The molecule has 1 N–H and O–H groups in total. The SMILES string of the molecule is COC(=O)[C@H]1[C@H]2C[C@@H]3c4[nH]c5cc(OC)ccc5c4CCN3C[C@H]2C[C@@H](OC(=O)c2cc(OC)c(OC(=O)Cc3ccc(Cl)cc3)c(OC)c2)[C@@H]1OC. The third-order valence-electron chi connectivity index (χ3n) is 11.0. The van der Waals surface area contributed by atoms with Gasteiger partial charge >= 0.3 is 17.9 Å². The molecular formula is C40H43ClN2O10. The highest BCUT2D eigenvalue weighted by Gasteiger charge is 2.54. The number of rotatable bonds is 10. The maximum Gasteiger partial charge on any atom is 0.338 e. The van der Waals surface area contributed by atoms with E-state index in [0.717, 1.165) is 30.8 Å². The number of fused-ring (bicyclic) bond motifs is 6. The lowest BCUT2D eigenvalue weighted by atomic mass is 9.63. The molecule has 0 bridgehead atoms. The Labute approximate surface area is 312 Å². The molecule has 53 heavy (non-hydrogen) atoms. The fourth-order valence-corrected chi connectivity index (χ4v) is 8.71. The molecule has 6 atom stereocenters. The summed E-state index contributed by atoms with van der Waals surface area (Å²) in [6.45, 7) is 1.60. The van der Waals surface area contributed by atoms with Crippen molar-refractivity contribution < 1.29 is 47.5 Å². The van der Waals surface area contributed by atoms with Crippen molar-refractivity contribution in [2.75, 3.05) is 48.6 Å². The second-order valence-electron chi connectivity index (χ2n) is 13.8. The van der Waals surface area contributed by atoms with Crippen LogP contribution < -0.4 is 18.9 Å². The average molecular weight is 747 g/mol. The zero-order valence-corrected chi connectivity index (χ0v) is 31.1. The molecule has 2 fully saturated rings. The fourth-order valence-electron chi connectivity index (χ4n) is 8.58. The maximum atomic E-state index is 13.9. The molecule has 4 aromatic rings. The van der Waals surface area contributed by atoms with E-state index < -0.39 is 36.0 Å². The smallest absolute Gasteiger partial charge is 0.338 e. The Bertz CT molecular complexity index is 1990. The summed E-state index contributed by atoms with van der Waals surface area (Å²) >= 11 is 5.97. The van der Waals surface area contributed by atoms with Crippen LogP contribution in [0.25, 0.3) is 10.9 Å². The molecule has 1 aliphatic carbocycles. The molecule has 280 valence electrons. The van der Waals surface area contributed by atoms with E-state index in [1.807, 2.05) is 12.1 Å². The van der Waals surface area contributed by atoms with E-state index in [9.17, 15) is 14.4 Å². The van der Waals surface area contributed by atoms with Gasteiger partial charge in [-0.1, -0.05) is 23.7 Å². The van der Waals surface area contributed by atoms with Crippen molar-refractivity contribution in [1.82, 2.24) is 9.88 Å². The zero-order valence-electron chi connectivity index (χ0n) is 30.3. The molecule has 3 aliphatic rings. The average Bonchev–Trinajstić information content (AvgIpc) is 3.55. The third kappa shape index (κ3) is 7.03. The Morgan fingerprint density at radius 2 is 1.64 bits per heavy atom. The van der Waals surface area contributed by atoms with Crippen molar-refractivity contribution in [3.05, 3.63) is 82.0 Å². The molecule has 13 heteroatoms. The molecule has 1 saturated heterocycles. The molecule has 0 spiro atoms. The van der Waals surface area contributed by atoms with Gasteiger partial charge in [0.15, 0.2) is 11.5 Å². The second-order valence-corrected chi connectivity index (χ2v) is 14.2. The minimum absolute atomic E-state index is 0.0206. The predicted octanol–water partition coefficient (Wildman–Crippen LogP) is 5.96. The van der Waals surface area contributed by atoms with E-state index in [4.69, 9.17) is 44.8 Å². The first-order chi connectivity index (χ1) is 25.7. The van der Waals surface area contributed by atoms with Crippen LogP contribution in [0.15, 0.2) is 54.6 Å². The highest BCUT2D eigenvalue weighted by Crippen LogP contribution is 2.51. The first-order valence-electron chi connectivity index (χ1n) is 17.6. The lowest BCUT2D eigenvalue weighted by Crippen LogP contribution is -2.58. The molecule has 0 radical (unpaired) electrons. The van der Waals surface area contributed by atoms with Gasteiger partial charge in [0.2, 0.25) is 5.75 Å². The van der Waals surface area contributed by atoms with Gasteiger partial charge in [-0.15, -0.1) is 0 Å². The first-order valence-corrected chi connectivity index (χ1v) is 18.0. The number of ether oxygens (including phenoxy) is 7. The molecule has 2 aliphatic heterocycles. The number of carbonyl (C=O) groups excluding carboxylic acids is 3. The number of esters is 3. The van der Waals surface area contributed by atoms with Crippen LogP contribution in [-0.2, 0) is 36.6 Å². The molecule has 3 heterocycles. The van der Waals surface area contributed by atoms with Gasteiger partial charge < -0.3 is 38.1 Å². The summed E-state index contributed by atoms with van der Waals surface area (Å²) in [7, 11) is 7.36. The van der Waals surface area contributed by atoms with E-state index in [2.05, 4.69) is 16.0 Å². The fraction of sp³-hybridized carbons (Fsp3) is 0.425. The molecule has 1 aromatic heterocycles. The van der Waals surface area contributed by atoms with Gasteiger partial charge in [-0.05, 0) is 78.6 Å². The Hall–Kier alpha value is -4.78. The summed E-state index contributed by atoms with van der Waals surface area (Å²) in [6, 6.07) is 15.9. The van der Waals surface area contributed by atoms with Crippen molar-refractivity contribution in [1.29, 1.82) is 0 Å². The monoisotopic (exact) mass is 746 g/mol. The molecule has 7 rings (SSSR count). The topological polar surface area (TPSA) is 135 Å². The summed E-state index contributed by atoms with van der Waals surface area (Å²) in [4.78, 5) is 46.5. The van der Waals surface area contributed by atoms with Crippen molar-refractivity contribution in [3.63, 3.8) is 0 Å². The Kier molecular flexibility index (Phi) is 10.6. The van der Waals surface area contributed by atoms with Crippen LogP contribution in [0.3, 0.4) is 0 Å². The first kappa shape index (κ1) is 36.6. The normalized spacial score (nSPS) is 23.6. The van der Waals surface area contributed by atoms with E-state index in [1.165, 1.54) is 57.2 Å². The number of aromatic nitrogens is 1. The standard InChI is InChI=1S/C40H43ClN2O10/c1-47-25-10-11-26-27-12-13-43-20-23-17-33(38(50-4)35(40(46)51-5)28(23)19-30(43)36(27)42-29(26)18-25)52-39(45)22-15-31(48-2)37(32(16-22)49-3)53-34(44)14-21-6-8-24(41)9-7-21/h6-11,15-16,18,23,28,30,33,35,38,42H,12-14,17,19-20H2,1-5H3/t23-,28+,30-,33-,35+,38+/m1/s1. The van der Waals surface area contributed by atoms with Gasteiger partial charge in [-0.2, -0.15) is 0 Å². The molecule has 1 saturated carbocycles. The summed E-state index contributed by atoms with van der Waals surface area (Å²) in [5.41, 5.74) is 4.33. The number of halogens is 1. The van der Waals surface area contributed by atoms with Crippen LogP contribution in [-0.4, -0.2) is 88.6 Å². The molecular weight excluding hydrogens is 704 g/mol. The minimum Gasteiger partial charge on any atom is -0.497 e. The van der Waals surface area contributed by atoms with Crippen molar-refractivity contribution in [2.24, 2.45) is 17.8 Å². The summed E-state index contributed by atoms with van der Waals surface area (Å²) in [5.74, 6) is -1.28. The molecule has 3 aromatic carbocycles. The number of hydrogen-bond donors (Lipinski definition) is 1. The van der Waals surface area contributed by atoms with E-state index in [-0.39, 0.29) is 47.1 Å². The number of nitrogens with one attached hydrogen (secondary N) is 1. The number of carbonyl (C=O) groups is 3. The Balaban J connectivity index is 1.12. The number of H-pyrrole nitrogens is 1. The largest absolute Gasteiger partial charge is 0.497 e. The van der Waals surface area contributed by atoms with Crippen molar-refractivity contribution >= 4 is 40.4 Å². The highest BCUT2D eigenvalue weighted by molar-refractivity contribution is 6.30. The number of benzene rings is 3. The minimum atomic E-state index is -0.746. The van der Waals surface area contributed by atoms with Crippen LogP contribution in [0, 0.1) is 17.8 Å². The summed E-state index contributed by atoms with van der Waals surface area (Å²) < 4.78 is 39.7. The summed E-state index contributed by atoms with van der Waals surface area (Å²) in [6.07, 6.45) is 0.597. The van der Waals surface area contributed by atoms with E-state index >= 15 is 0 Å². The van der Waals surface area contributed by atoms with Crippen molar-refractivity contribution in [2.45, 2.75) is 43.9 Å². The van der Waals surface area contributed by atoms with E-state index in [1.54, 1.807) is 31.4 Å².